The second kappa shape index (κ2) is 7.16. The fraction of sp³-hybridized carbons (Fsp3) is 0.174. The summed E-state index contributed by atoms with van der Waals surface area (Å²) in [7, 11) is 3.25. The van der Waals surface area contributed by atoms with Crippen molar-refractivity contribution in [3.63, 3.8) is 0 Å². The molecule has 0 N–H and O–H groups in total. The molecular formula is C23H18F2N4O2. The summed E-state index contributed by atoms with van der Waals surface area (Å²) in [5.74, 6) is -1.97. The van der Waals surface area contributed by atoms with Gasteiger partial charge in [-0.05, 0) is 47.5 Å². The SMILES string of the molecule is [2H]C1([2H])c2ncccc2C(=O)N1Cc1c(F)cc(-c2cc(OC)c3nn(C)cc3c2)cc1F. The van der Waals surface area contributed by atoms with E-state index in [4.69, 9.17) is 7.48 Å². The molecule has 3 heterocycles. The zero-order chi connectivity index (χ0) is 23.5. The van der Waals surface area contributed by atoms with Crippen LogP contribution in [-0.4, -0.2) is 32.7 Å². The number of pyridine rings is 1. The fourth-order valence-electron chi connectivity index (χ4n) is 3.73. The fourth-order valence-corrected chi connectivity index (χ4v) is 3.73. The molecule has 6 nitrogen and oxygen atoms in total. The number of carbonyl (C=O) groups is 1. The van der Waals surface area contributed by atoms with Gasteiger partial charge in [0.05, 0.1) is 34.2 Å². The predicted molar refractivity (Wildman–Crippen MR) is 110 cm³/mol. The van der Waals surface area contributed by atoms with Crippen molar-refractivity contribution in [3.8, 4) is 16.9 Å². The summed E-state index contributed by atoms with van der Waals surface area (Å²) in [5.41, 5.74) is 1.04. The number of benzene rings is 2. The third-order valence-corrected chi connectivity index (χ3v) is 5.22. The lowest BCUT2D eigenvalue weighted by molar-refractivity contribution is 0.0763. The first kappa shape index (κ1) is 16.9. The number of ether oxygens (including phenoxy) is 1. The molecule has 156 valence electrons. The number of nitrogens with zero attached hydrogens (tertiary/aromatic N) is 4. The van der Waals surface area contributed by atoms with Crippen LogP contribution in [0.3, 0.4) is 0 Å². The topological polar surface area (TPSA) is 60.3 Å². The molecule has 0 unspecified atom stereocenters. The third kappa shape index (κ3) is 3.20. The Balaban J connectivity index is 1.53. The third-order valence-electron chi connectivity index (χ3n) is 5.22. The van der Waals surface area contributed by atoms with Crippen molar-refractivity contribution in [1.29, 1.82) is 0 Å². The first-order chi connectivity index (χ1) is 15.7. The molecule has 2 aromatic carbocycles. The van der Waals surface area contributed by atoms with E-state index in [1.54, 1.807) is 30.1 Å². The van der Waals surface area contributed by atoms with Crippen molar-refractivity contribution in [3.05, 3.63) is 77.2 Å². The molecule has 8 heteroatoms. The number of hydrogen-bond acceptors (Lipinski definition) is 4. The molecule has 1 amide bonds. The smallest absolute Gasteiger partial charge is 0.256 e. The Bertz CT molecular complexity index is 1410. The molecule has 31 heavy (non-hydrogen) atoms. The molecule has 2 aromatic heterocycles. The minimum absolute atomic E-state index is 0.0655. The van der Waals surface area contributed by atoms with Gasteiger partial charge in [-0.15, -0.1) is 0 Å². The Morgan fingerprint density at radius 3 is 2.65 bits per heavy atom. The van der Waals surface area contributed by atoms with E-state index in [1.165, 1.54) is 25.4 Å². The standard InChI is InChI=1S/C23H18F2N4O2/c1-28-10-15-6-13(9-21(31-2)22(15)27-28)14-7-18(24)17(19(25)8-14)11-29-12-20-16(23(29)30)4-3-5-26-20/h3-10H,11-12H2,1-2H3/i12D2. The summed E-state index contributed by atoms with van der Waals surface area (Å²) in [6.45, 7) is -2.87. The van der Waals surface area contributed by atoms with Crippen LogP contribution in [0.15, 0.2) is 48.8 Å². The summed E-state index contributed by atoms with van der Waals surface area (Å²) in [6, 6.07) is 8.69. The van der Waals surface area contributed by atoms with Crippen molar-refractivity contribution in [1.82, 2.24) is 19.7 Å². The number of halogens is 2. The molecule has 5 rings (SSSR count). The summed E-state index contributed by atoms with van der Waals surface area (Å²) in [4.78, 5) is 17.4. The number of rotatable bonds is 4. The molecule has 0 fully saturated rings. The zero-order valence-corrected chi connectivity index (χ0v) is 16.7. The van der Waals surface area contributed by atoms with Crippen LogP contribution < -0.4 is 4.74 Å². The second-order valence-electron chi connectivity index (χ2n) is 7.24. The summed E-state index contributed by atoms with van der Waals surface area (Å²) in [6.07, 6.45) is 3.14. The Morgan fingerprint density at radius 2 is 1.94 bits per heavy atom. The highest BCUT2D eigenvalue weighted by Crippen LogP contribution is 2.33. The quantitative estimate of drug-likeness (QED) is 0.497. The van der Waals surface area contributed by atoms with Crippen LogP contribution in [0.5, 0.6) is 5.75 Å². The van der Waals surface area contributed by atoms with Gasteiger partial charge in [-0.25, -0.2) is 8.78 Å². The minimum atomic E-state index is -2.29. The van der Waals surface area contributed by atoms with Crippen molar-refractivity contribution in [2.45, 2.75) is 13.0 Å². The Labute approximate surface area is 179 Å². The number of aryl methyl sites for hydroxylation is 1. The van der Waals surface area contributed by atoms with Crippen molar-refractivity contribution >= 4 is 16.8 Å². The summed E-state index contributed by atoms with van der Waals surface area (Å²) < 4.78 is 53.8. The van der Waals surface area contributed by atoms with Gasteiger partial charge < -0.3 is 9.64 Å². The number of fused-ring (bicyclic) bond motifs is 2. The van der Waals surface area contributed by atoms with E-state index in [9.17, 15) is 4.79 Å². The van der Waals surface area contributed by atoms with Crippen molar-refractivity contribution in [2.24, 2.45) is 7.05 Å². The molecule has 0 aliphatic carbocycles. The molecule has 0 saturated carbocycles. The van der Waals surface area contributed by atoms with Gasteiger partial charge >= 0.3 is 0 Å². The van der Waals surface area contributed by atoms with Crippen LogP contribution in [-0.2, 0) is 20.1 Å². The molecule has 1 aliphatic rings. The summed E-state index contributed by atoms with van der Waals surface area (Å²) >= 11 is 0. The van der Waals surface area contributed by atoms with Crippen molar-refractivity contribution in [2.75, 3.05) is 7.11 Å². The predicted octanol–water partition coefficient (Wildman–Crippen LogP) is 4.08. The summed E-state index contributed by atoms with van der Waals surface area (Å²) in [5, 5.41) is 5.08. The second-order valence-corrected chi connectivity index (χ2v) is 7.24. The minimum Gasteiger partial charge on any atom is -0.494 e. The molecule has 0 radical (unpaired) electrons. The normalized spacial score (nSPS) is 15.7. The van der Waals surface area contributed by atoms with Gasteiger partial charge in [0, 0.05) is 30.4 Å². The zero-order valence-electron chi connectivity index (χ0n) is 18.7. The van der Waals surface area contributed by atoms with Crippen LogP contribution in [0.2, 0.25) is 0 Å². The molecule has 0 atom stereocenters. The molecule has 0 spiro atoms. The largest absolute Gasteiger partial charge is 0.494 e. The van der Waals surface area contributed by atoms with Crippen LogP contribution in [0.1, 0.15) is 24.4 Å². The average molecular weight is 422 g/mol. The van der Waals surface area contributed by atoms with E-state index >= 15 is 8.78 Å². The molecule has 4 aromatic rings. The highest BCUT2D eigenvalue weighted by Gasteiger charge is 2.29. The average Bonchev–Trinajstić information content (AvgIpc) is 3.25. The van der Waals surface area contributed by atoms with Crippen molar-refractivity contribution < 1.29 is 21.1 Å². The van der Waals surface area contributed by atoms with Gasteiger partial charge in [-0.1, -0.05) is 0 Å². The van der Waals surface area contributed by atoms with Gasteiger partial charge in [0.2, 0.25) is 0 Å². The molecule has 1 aliphatic heterocycles. The lowest BCUT2D eigenvalue weighted by atomic mass is 10.0. The lowest BCUT2D eigenvalue weighted by Gasteiger charge is -2.17. The monoisotopic (exact) mass is 422 g/mol. The Hall–Kier alpha value is -3.81. The molecule has 0 saturated heterocycles. The Kier molecular flexibility index (Phi) is 3.91. The first-order valence-electron chi connectivity index (χ1n) is 10.5. The molecular weight excluding hydrogens is 402 g/mol. The van der Waals surface area contributed by atoms with Gasteiger partial charge in [-0.3, -0.25) is 14.5 Å². The van der Waals surface area contributed by atoms with E-state index in [0.29, 0.717) is 16.8 Å². The number of methoxy groups -OCH3 is 1. The number of carbonyl (C=O) groups excluding carboxylic acids is 1. The number of amides is 1. The number of hydrogen-bond donors (Lipinski definition) is 0. The van der Waals surface area contributed by atoms with E-state index in [1.807, 2.05) is 0 Å². The maximum absolute atomic E-state index is 15.1. The van der Waals surface area contributed by atoms with Gasteiger partial charge in [0.1, 0.15) is 22.9 Å². The van der Waals surface area contributed by atoms with Crippen LogP contribution in [0.25, 0.3) is 22.0 Å². The van der Waals surface area contributed by atoms with Crippen LogP contribution in [0, 0.1) is 11.6 Å². The van der Waals surface area contributed by atoms with Gasteiger partial charge in [-0.2, -0.15) is 5.10 Å². The highest BCUT2D eigenvalue weighted by atomic mass is 19.1. The van der Waals surface area contributed by atoms with Crippen LogP contribution >= 0.6 is 0 Å². The lowest BCUT2D eigenvalue weighted by Crippen LogP contribution is -2.24. The van der Waals surface area contributed by atoms with Gasteiger partial charge in [0.15, 0.2) is 0 Å². The van der Waals surface area contributed by atoms with E-state index in [-0.39, 0.29) is 16.8 Å². The van der Waals surface area contributed by atoms with E-state index in [2.05, 4.69) is 10.1 Å². The highest BCUT2D eigenvalue weighted by molar-refractivity contribution is 5.97. The Morgan fingerprint density at radius 1 is 1.19 bits per heavy atom. The van der Waals surface area contributed by atoms with E-state index < -0.39 is 36.1 Å². The van der Waals surface area contributed by atoms with Crippen LogP contribution in [0.4, 0.5) is 8.78 Å². The maximum Gasteiger partial charge on any atom is 0.256 e. The van der Waals surface area contributed by atoms with E-state index in [0.717, 1.165) is 22.4 Å². The maximum atomic E-state index is 15.1. The first-order valence-corrected chi connectivity index (χ1v) is 9.48. The van der Waals surface area contributed by atoms with Gasteiger partial charge in [0.25, 0.3) is 5.91 Å². The molecule has 0 bridgehead atoms. The number of aromatic nitrogens is 3.